The first-order chi connectivity index (χ1) is 20.8. The molecule has 0 saturated carbocycles. The normalized spacial score (nSPS) is 17.4. The molecule has 0 aliphatic carbocycles. The van der Waals surface area contributed by atoms with Gasteiger partial charge in [-0.05, 0) is 57.0 Å². The molecule has 2 atom stereocenters. The molecule has 0 spiro atoms. The number of ether oxygens (including phenoxy) is 2. The molecule has 7 rings (SSSR count). The minimum atomic E-state index is -0.662. The number of H-pyrrole nitrogens is 2. The van der Waals surface area contributed by atoms with E-state index in [1.54, 1.807) is 17.3 Å². The number of nitrogens with zero attached hydrogens (tertiary/aromatic N) is 4. The second kappa shape index (κ2) is 10.3. The van der Waals surface area contributed by atoms with Crippen molar-refractivity contribution in [1.82, 2.24) is 34.7 Å². The smallest absolute Gasteiger partial charge is 0.407 e. The fraction of sp³-hybridized carbons (Fsp3) is 0.290. The van der Waals surface area contributed by atoms with Gasteiger partial charge in [0.1, 0.15) is 29.8 Å². The SMILES string of the molecule is COC(=O)NCC(=O)N1CCCC1c1ncc(-c2cc(F)c3c(c2)OC(C)n2c-3cc3cc(-c4cnc(C)[nH]4)ccc32)[nH]1. The Morgan fingerprint density at radius 2 is 1.93 bits per heavy atom. The lowest BCUT2D eigenvalue weighted by Crippen LogP contribution is -2.40. The number of amides is 2. The first-order valence-corrected chi connectivity index (χ1v) is 14.1. The molecule has 2 unspecified atom stereocenters. The summed E-state index contributed by atoms with van der Waals surface area (Å²) in [6, 6.07) is 11.1. The van der Waals surface area contributed by atoms with E-state index in [0.29, 0.717) is 34.9 Å². The van der Waals surface area contributed by atoms with E-state index in [1.165, 1.54) is 13.2 Å². The minimum absolute atomic E-state index is 0.164. The number of hydrogen-bond donors (Lipinski definition) is 3. The molecule has 220 valence electrons. The maximum Gasteiger partial charge on any atom is 0.407 e. The van der Waals surface area contributed by atoms with E-state index in [4.69, 9.17) is 4.74 Å². The molecule has 2 aromatic carbocycles. The number of imidazole rings is 2. The Morgan fingerprint density at radius 3 is 2.72 bits per heavy atom. The van der Waals surface area contributed by atoms with Crippen LogP contribution in [0.4, 0.5) is 9.18 Å². The number of likely N-dealkylation sites (tertiary alicyclic amines) is 1. The largest absolute Gasteiger partial charge is 0.470 e. The Kier molecular flexibility index (Phi) is 6.41. The van der Waals surface area contributed by atoms with Gasteiger partial charge in [0.2, 0.25) is 5.91 Å². The van der Waals surface area contributed by atoms with E-state index in [1.807, 2.05) is 42.7 Å². The molecular weight excluding hydrogens is 553 g/mol. The van der Waals surface area contributed by atoms with Crippen LogP contribution in [0.2, 0.25) is 0 Å². The zero-order valence-corrected chi connectivity index (χ0v) is 23.9. The number of benzene rings is 2. The van der Waals surface area contributed by atoms with E-state index < -0.39 is 11.9 Å². The zero-order chi connectivity index (χ0) is 29.8. The second-order valence-electron chi connectivity index (χ2n) is 10.9. The zero-order valence-electron chi connectivity index (χ0n) is 23.9. The number of methoxy groups -OCH3 is 1. The highest BCUT2D eigenvalue weighted by Crippen LogP contribution is 2.45. The summed E-state index contributed by atoms with van der Waals surface area (Å²) in [5.41, 5.74) is 5.23. The average molecular weight is 584 g/mol. The van der Waals surface area contributed by atoms with Crippen LogP contribution in [0.3, 0.4) is 0 Å². The van der Waals surface area contributed by atoms with Gasteiger partial charge in [0.25, 0.3) is 0 Å². The number of aromatic nitrogens is 5. The van der Waals surface area contributed by atoms with E-state index in [2.05, 4.69) is 36.1 Å². The van der Waals surface area contributed by atoms with Gasteiger partial charge in [-0.2, -0.15) is 0 Å². The molecule has 0 radical (unpaired) electrons. The summed E-state index contributed by atoms with van der Waals surface area (Å²) in [6.45, 7) is 4.24. The number of alkyl carbamates (subject to hydrolysis) is 1. The Bertz CT molecular complexity index is 1890. The predicted octanol–water partition coefficient (Wildman–Crippen LogP) is 5.47. The standard InChI is InChI=1S/C31H30FN7O4/c1-16-33-13-22(36-16)18-6-7-24-20(9-18)11-26-29-21(32)10-19(12-27(29)43-17(2)39(24)26)23-14-34-30(37-23)25-5-4-8-38(25)28(40)15-35-31(41)42-3/h6-7,9-14,17,25H,4-5,8,15H2,1-3H3,(H,33,36)(H,34,37)(H,35,41). The maximum absolute atomic E-state index is 15.9. The molecule has 11 nitrogen and oxygen atoms in total. The summed E-state index contributed by atoms with van der Waals surface area (Å²) >= 11 is 0. The summed E-state index contributed by atoms with van der Waals surface area (Å²) in [6.07, 6.45) is 3.96. The first-order valence-electron chi connectivity index (χ1n) is 14.1. The van der Waals surface area contributed by atoms with Crippen LogP contribution in [0.5, 0.6) is 5.75 Å². The molecule has 1 fully saturated rings. The first kappa shape index (κ1) is 26.7. The Morgan fingerprint density at radius 1 is 1.12 bits per heavy atom. The summed E-state index contributed by atoms with van der Waals surface area (Å²) in [5.74, 6) is 1.26. The van der Waals surface area contributed by atoms with Crippen molar-refractivity contribution in [2.24, 2.45) is 0 Å². The fourth-order valence-electron chi connectivity index (χ4n) is 6.19. The molecule has 12 heteroatoms. The van der Waals surface area contributed by atoms with Gasteiger partial charge in [0.15, 0.2) is 6.23 Å². The highest BCUT2D eigenvalue weighted by Gasteiger charge is 2.33. The third kappa shape index (κ3) is 4.59. The topological polar surface area (TPSA) is 130 Å². The van der Waals surface area contributed by atoms with Gasteiger partial charge < -0.3 is 34.2 Å². The summed E-state index contributed by atoms with van der Waals surface area (Å²) in [5, 5.41) is 3.41. The number of carbonyl (C=O) groups is 2. The number of halogens is 1. The number of nitrogens with one attached hydrogen (secondary N) is 3. The van der Waals surface area contributed by atoms with Crippen LogP contribution in [-0.4, -0.2) is 61.6 Å². The number of rotatable bonds is 5. The quantitative estimate of drug-likeness (QED) is 0.252. The number of aromatic amines is 2. The Labute approximate surface area is 246 Å². The molecule has 1 saturated heterocycles. The number of hydrogen-bond acceptors (Lipinski definition) is 6. The average Bonchev–Trinajstić information content (AvgIpc) is 3.80. The fourth-order valence-corrected chi connectivity index (χ4v) is 6.19. The monoisotopic (exact) mass is 583 g/mol. The van der Waals surface area contributed by atoms with Crippen molar-refractivity contribution in [1.29, 1.82) is 0 Å². The molecule has 5 aromatic rings. The molecule has 43 heavy (non-hydrogen) atoms. The molecule has 3 aromatic heterocycles. The van der Waals surface area contributed by atoms with Gasteiger partial charge >= 0.3 is 6.09 Å². The van der Waals surface area contributed by atoms with Crippen LogP contribution < -0.4 is 10.1 Å². The van der Waals surface area contributed by atoms with Crippen LogP contribution in [0.25, 0.3) is 44.7 Å². The van der Waals surface area contributed by atoms with Crippen LogP contribution in [0.1, 0.15) is 43.7 Å². The minimum Gasteiger partial charge on any atom is -0.470 e. The van der Waals surface area contributed by atoms with Gasteiger partial charge in [-0.25, -0.2) is 19.2 Å². The highest BCUT2D eigenvalue weighted by molar-refractivity contribution is 5.92. The van der Waals surface area contributed by atoms with Crippen molar-refractivity contribution in [3.8, 4) is 39.5 Å². The molecule has 3 N–H and O–H groups in total. The van der Waals surface area contributed by atoms with Crippen molar-refractivity contribution >= 4 is 22.9 Å². The molecule has 2 aliphatic rings. The van der Waals surface area contributed by atoms with Crippen LogP contribution >= 0.6 is 0 Å². The van der Waals surface area contributed by atoms with Crippen LogP contribution in [0.15, 0.2) is 48.8 Å². The van der Waals surface area contributed by atoms with Gasteiger partial charge in [-0.3, -0.25) is 4.79 Å². The summed E-state index contributed by atoms with van der Waals surface area (Å²) in [4.78, 5) is 41.3. The van der Waals surface area contributed by atoms with Gasteiger partial charge in [-0.1, -0.05) is 6.07 Å². The lowest BCUT2D eigenvalue weighted by atomic mass is 10.0. The predicted molar refractivity (Wildman–Crippen MR) is 157 cm³/mol. The van der Waals surface area contributed by atoms with E-state index in [0.717, 1.165) is 46.5 Å². The lowest BCUT2D eigenvalue weighted by molar-refractivity contribution is -0.131. The van der Waals surface area contributed by atoms with E-state index in [9.17, 15) is 9.59 Å². The maximum atomic E-state index is 15.9. The summed E-state index contributed by atoms with van der Waals surface area (Å²) < 4.78 is 28.8. The number of aryl methyl sites for hydroxylation is 1. The van der Waals surface area contributed by atoms with Gasteiger partial charge in [-0.15, -0.1) is 0 Å². The Balaban J connectivity index is 1.19. The number of fused-ring (bicyclic) bond motifs is 5. The van der Waals surface area contributed by atoms with Crippen molar-refractivity contribution in [3.05, 3.63) is 66.3 Å². The van der Waals surface area contributed by atoms with Crippen molar-refractivity contribution < 1.29 is 23.5 Å². The van der Waals surface area contributed by atoms with Crippen molar-refractivity contribution in [2.45, 2.75) is 39.0 Å². The van der Waals surface area contributed by atoms with Gasteiger partial charge in [0.05, 0.1) is 53.7 Å². The number of carbonyl (C=O) groups excluding carboxylic acids is 2. The third-order valence-corrected chi connectivity index (χ3v) is 8.19. The Hall–Kier alpha value is -5.13. The third-order valence-electron chi connectivity index (χ3n) is 8.19. The highest BCUT2D eigenvalue weighted by atomic mass is 19.1. The summed E-state index contributed by atoms with van der Waals surface area (Å²) in [7, 11) is 1.25. The van der Waals surface area contributed by atoms with Crippen molar-refractivity contribution in [2.75, 3.05) is 20.2 Å². The second-order valence-corrected chi connectivity index (χ2v) is 10.9. The molecule has 2 aliphatic heterocycles. The molecular formula is C31H30FN7O4. The lowest BCUT2D eigenvalue weighted by Gasteiger charge is -2.28. The van der Waals surface area contributed by atoms with Crippen molar-refractivity contribution in [3.63, 3.8) is 0 Å². The molecule has 2 amide bonds. The molecule has 0 bridgehead atoms. The van der Waals surface area contributed by atoms with Gasteiger partial charge in [0, 0.05) is 23.1 Å². The van der Waals surface area contributed by atoms with Crippen LogP contribution in [-0.2, 0) is 9.53 Å². The van der Waals surface area contributed by atoms with E-state index in [-0.39, 0.29) is 24.7 Å². The molecule has 5 heterocycles. The van der Waals surface area contributed by atoms with Crippen LogP contribution in [0, 0.1) is 12.7 Å². The van der Waals surface area contributed by atoms with E-state index >= 15 is 4.39 Å².